The van der Waals surface area contributed by atoms with Gasteiger partial charge in [-0.2, -0.15) is 0 Å². The van der Waals surface area contributed by atoms with Gasteiger partial charge in [-0.1, -0.05) is 56.3 Å². The van der Waals surface area contributed by atoms with Crippen LogP contribution in [0.15, 0.2) is 48.5 Å². The van der Waals surface area contributed by atoms with Gasteiger partial charge in [-0.3, -0.25) is 13.9 Å². The normalized spacial score (nSPS) is 12.3. The number of hydrogen-bond acceptors (Lipinski definition) is 4. The first-order valence-electron chi connectivity index (χ1n) is 12.1. The first kappa shape index (κ1) is 28.4. The van der Waals surface area contributed by atoms with Gasteiger partial charge in [0.1, 0.15) is 6.04 Å². The van der Waals surface area contributed by atoms with Gasteiger partial charge in [0.15, 0.2) is 0 Å². The second-order valence-electron chi connectivity index (χ2n) is 9.49. The molecule has 2 amide bonds. The first-order chi connectivity index (χ1) is 16.4. The summed E-state index contributed by atoms with van der Waals surface area (Å²) in [5.41, 5.74) is 3.48. The molecule has 2 aromatic rings. The van der Waals surface area contributed by atoms with Crippen LogP contribution in [0.4, 0.5) is 5.69 Å². The number of carbonyl (C=O) groups is 2. The number of anilines is 1. The quantitative estimate of drug-likeness (QED) is 0.476. The lowest BCUT2D eigenvalue weighted by atomic mass is 10.1. The van der Waals surface area contributed by atoms with Gasteiger partial charge >= 0.3 is 0 Å². The molecule has 0 heterocycles. The molecule has 8 heteroatoms. The molecule has 0 spiro atoms. The Bertz CT molecular complexity index is 1110. The molecular weight excluding hydrogens is 462 g/mol. The highest BCUT2D eigenvalue weighted by Crippen LogP contribution is 2.23. The molecule has 7 nitrogen and oxygen atoms in total. The molecular formula is C27H39N3O4S. The van der Waals surface area contributed by atoms with Crippen molar-refractivity contribution in [3.05, 3.63) is 65.2 Å². The van der Waals surface area contributed by atoms with Crippen molar-refractivity contribution in [1.82, 2.24) is 10.2 Å². The predicted octanol–water partition coefficient (Wildman–Crippen LogP) is 4.04. The fraction of sp³-hybridized carbons (Fsp3) is 0.481. The number of nitrogens with zero attached hydrogens (tertiary/aromatic N) is 2. The van der Waals surface area contributed by atoms with E-state index in [9.17, 15) is 18.0 Å². The standard InChI is InChI=1S/C27H39N3O4S/c1-20(2)18-28-27(32)23(5)29(19-24-14-9-7-12-21(24)3)26(31)16-11-17-30(35(6,33)34)25-15-10-8-13-22(25)4/h7-10,12-15,20,23H,11,16-19H2,1-6H3,(H,28,32). The minimum absolute atomic E-state index is 0.131. The van der Waals surface area contributed by atoms with Crippen LogP contribution in [0.3, 0.4) is 0 Å². The maximum absolute atomic E-state index is 13.4. The maximum atomic E-state index is 13.4. The van der Waals surface area contributed by atoms with E-state index < -0.39 is 16.1 Å². The van der Waals surface area contributed by atoms with Crippen molar-refractivity contribution in [2.24, 2.45) is 5.92 Å². The maximum Gasteiger partial charge on any atom is 0.242 e. The number of amides is 2. The molecule has 1 unspecified atom stereocenters. The van der Waals surface area contributed by atoms with Crippen LogP contribution in [0.25, 0.3) is 0 Å². The van der Waals surface area contributed by atoms with Gasteiger partial charge in [0.2, 0.25) is 21.8 Å². The Kier molecular flexibility index (Phi) is 10.3. The van der Waals surface area contributed by atoms with E-state index in [2.05, 4.69) is 5.32 Å². The minimum atomic E-state index is -3.51. The van der Waals surface area contributed by atoms with Crippen LogP contribution in [0.2, 0.25) is 0 Å². The lowest BCUT2D eigenvalue weighted by Gasteiger charge is -2.30. The molecule has 0 aromatic heterocycles. The summed E-state index contributed by atoms with van der Waals surface area (Å²) in [7, 11) is -3.51. The highest BCUT2D eigenvalue weighted by Gasteiger charge is 2.27. The van der Waals surface area contributed by atoms with Crippen LogP contribution in [0, 0.1) is 19.8 Å². The predicted molar refractivity (Wildman–Crippen MR) is 142 cm³/mol. The SMILES string of the molecule is Cc1ccccc1CN(C(=O)CCCN(c1ccccc1C)S(C)(=O)=O)C(C)C(=O)NCC(C)C. The Balaban J connectivity index is 2.18. The van der Waals surface area contributed by atoms with Crippen LogP contribution in [0.5, 0.6) is 0 Å². The zero-order valence-corrected chi connectivity index (χ0v) is 22.6. The van der Waals surface area contributed by atoms with Gasteiger partial charge in [-0.05, 0) is 55.9 Å². The summed E-state index contributed by atoms with van der Waals surface area (Å²) < 4.78 is 26.3. The third-order valence-corrected chi connectivity index (χ3v) is 7.17. The summed E-state index contributed by atoms with van der Waals surface area (Å²) in [4.78, 5) is 27.8. The van der Waals surface area contributed by atoms with E-state index in [0.717, 1.165) is 16.7 Å². The van der Waals surface area contributed by atoms with Crippen molar-refractivity contribution >= 4 is 27.5 Å². The van der Waals surface area contributed by atoms with E-state index in [1.54, 1.807) is 24.0 Å². The van der Waals surface area contributed by atoms with Crippen molar-refractivity contribution in [3.8, 4) is 0 Å². The monoisotopic (exact) mass is 501 g/mol. The van der Waals surface area contributed by atoms with E-state index in [1.807, 2.05) is 64.1 Å². The summed E-state index contributed by atoms with van der Waals surface area (Å²) in [6, 6.07) is 14.4. The molecule has 1 atom stereocenters. The zero-order valence-electron chi connectivity index (χ0n) is 21.7. The van der Waals surface area contributed by atoms with Crippen molar-refractivity contribution in [2.75, 3.05) is 23.7 Å². The first-order valence-corrected chi connectivity index (χ1v) is 13.9. The van der Waals surface area contributed by atoms with Crippen molar-refractivity contribution in [2.45, 2.75) is 60.0 Å². The molecule has 2 rings (SSSR count). The number of sulfonamides is 1. The molecule has 0 saturated heterocycles. The largest absolute Gasteiger partial charge is 0.354 e. The second kappa shape index (κ2) is 12.7. The summed E-state index contributed by atoms with van der Waals surface area (Å²) >= 11 is 0. The van der Waals surface area contributed by atoms with Gasteiger partial charge < -0.3 is 10.2 Å². The summed E-state index contributed by atoms with van der Waals surface area (Å²) in [6.07, 6.45) is 1.64. The molecule has 0 aliphatic heterocycles. The van der Waals surface area contributed by atoms with Crippen molar-refractivity contribution in [1.29, 1.82) is 0 Å². The minimum Gasteiger partial charge on any atom is -0.354 e. The summed E-state index contributed by atoms with van der Waals surface area (Å²) in [6.45, 7) is 10.6. The molecule has 2 aromatic carbocycles. The Morgan fingerprint density at radius 2 is 1.54 bits per heavy atom. The van der Waals surface area contributed by atoms with E-state index in [-0.39, 0.29) is 24.8 Å². The molecule has 0 aliphatic rings. The van der Waals surface area contributed by atoms with Gasteiger partial charge in [0.25, 0.3) is 0 Å². The lowest BCUT2D eigenvalue weighted by molar-refractivity contribution is -0.140. The van der Waals surface area contributed by atoms with Crippen LogP contribution < -0.4 is 9.62 Å². The van der Waals surface area contributed by atoms with Gasteiger partial charge in [-0.25, -0.2) is 8.42 Å². The fourth-order valence-corrected chi connectivity index (χ4v) is 4.85. The average molecular weight is 502 g/mol. The molecule has 0 aliphatic carbocycles. The van der Waals surface area contributed by atoms with Crippen LogP contribution >= 0.6 is 0 Å². The van der Waals surface area contributed by atoms with Crippen LogP contribution in [0.1, 0.15) is 50.3 Å². The highest BCUT2D eigenvalue weighted by molar-refractivity contribution is 7.92. The van der Waals surface area contributed by atoms with E-state index in [1.165, 1.54) is 10.6 Å². The molecule has 0 saturated carbocycles. The second-order valence-corrected chi connectivity index (χ2v) is 11.4. The number of hydrogen-bond donors (Lipinski definition) is 1. The van der Waals surface area contributed by atoms with E-state index in [4.69, 9.17) is 0 Å². The van der Waals surface area contributed by atoms with Crippen molar-refractivity contribution < 1.29 is 18.0 Å². The zero-order chi connectivity index (χ0) is 26.2. The van der Waals surface area contributed by atoms with Gasteiger partial charge in [0.05, 0.1) is 11.9 Å². The number of para-hydroxylation sites is 1. The Morgan fingerprint density at radius 1 is 0.943 bits per heavy atom. The molecule has 1 N–H and O–H groups in total. The average Bonchev–Trinajstić information content (AvgIpc) is 2.79. The molecule has 35 heavy (non-hydrogen) atoms. The summed E-state index contributed by atoms with van der Waals surface area (Å²) in [5, 5.41) is 2.92. The molecule has 0 fully saturated rings. The molecule has 0 bridgehead atoms. The highest BCUT2D eigenvalue weighted by atomic mass is 32.2. The van der Waals surface area contributed by atoms with E-state index in [0.29, 0.717) is 31.1 Å². The Labute approximate surface area is 210 Å². The lowest BCUT2D eigenvalue weighted by Crippen LogP contribution is -2.48. The van der Waals surface area contributed by atoms with Crippen LogP contribution in [-0.4, -0.2) is 50.5 Å². The molecule has 192 valence electrons. The molecule has 0 radical (unpaired) electrons. The van der Waals surface area contributed by atoms with Gasteiger partial charge in [-0.15, -0.1) is 0 Å². The Hall–Kier alpha value is -2.87. The topological polar surface area (TPSA) is 86.8 Å². The smallest absolute Gasteiger partial charge is 0.242 e. The number of nitrogens with one attached hydrogen (secondary N) is 1. The van der Waals surface area contributed by atoms with Crippen molar-refractivity contribution in [3.63, 3.8) is 0 Å². The number of aryl methyl sites for hydroxylation is 2. The van der Waals surface area contributed by atoms with Gasteiger partial charge in [0, 0.05) is 26.1 Å². The third kappa shape index (κ3) is 8.38. The number of rotatable bonds is 12. The third-order valence-electron chi connectivity index (χ3n) is 5.99. The van der Waals surface area contributed by atoms with Crippen LogP contribution in [-0.2, 0) is 26.2 Å². The fourth-order valence-electron chi connectivity index (χ4n) is 3.83. The van der Waals surface area contributed by atoms with E-state index >= 15 is 0 Å². The number of benzene rings is 2. The summed E-state index contributed by atoms with van der Waals surface area (Å²) in [5.74, 6) is -0.0768. The Morgan fingerprint density at radius 3 is 2.11 bits per heavy atom. The number of carbonyl (C=O) groups excluding carboxylic acids is 2.